The van der Waals surface area contributed by atoms with Crippen LogP contribution in [0.2, 0.25) is 0 Å². The first-order valence-electron chi connectivity index (χ1n) is 5.91. The molecule has 0 atom stereocenters. The van der Waals surface area contributed by atoms with Gasteiger partial charge in [-0.25, -0.2) is 4.79 Å². The average Bonchev–Trinajstić information content (AvgIpc) is 2.71. The van der Waals surface area contributed by atoms with Crippen LogP contribution in [0.4, 0.5) is 5.69 Å². The van der Waals surface area contributed by atoms with Gasteiger partial charge in [0.25, 0.3) is 0 Å². The Hall–Kier alpha value is -2.37. The van der Waals surface area contributed by atoms with Crippen LogP contribution in [0.25, 0.3) is 0 Å². The molecule has 2 heterocycles. The Bertz CT molecular complexity index is 619. The van der Waals surface area contributed by atoms with Crippen molar-refractivity contribution in [2.24, 2.45) is 7.05 Å². The van der Waals surface area contributed by atoms with Gasteiger partial charge in [-0.15, -0.1) is 0 Å². The second-order valence-corrected chi connectivity index (χ2v) is 4.41. The number of aryl methyl sites for hydroxylation is 3. The molecule has 100 valence electrons. The zero-order valence-electron chi connectivity index (χ0n) is 11.1. The zero-order valence-corrected chi connectivity index (χ0v) is 11.1. The van der Waals surface area contributed by atoms with Crippen molar-refractivity contribution in [3.8, 4) is 0 Å². The summed E-state index contributed by atoms with van der Waals surface area (Å²) in [5.74, 6) is -0.978. The quantitative estimate of drug-likeness (QED) is 0.875. The maximum atomic E-state index is 11.3. The number of hydrogen-bond donors (Lipinski definition) is 2. The number of aromatic nitrogens is 3. The normalized spacial score (nSPS) is 10.5. The monoisotopic (exact) mass is 260 g/mol. The average molecular weight is 260 g/mol. The van der Waals surface area contributed by atoms with Gasteiger partial charge in [0, 0.05) is 18.9 Å². The highest BCUT2D eigenvalue weighted by molar-refractivity contribution is 5.95. The van der Waals surface area contributed by atoms with Crippen molar-refractivity contribution < 1.29 is 9.90 Å². The molecule has 0 radical (unpaired) electrons. The highest BCUT2D eigenvalue weighted by atomic mass is 16.4. The van der Waals surface area contributed by atoms with Crippen LogP contribution in [0.15, 0.2) is 18.3 Å². The third kappa shape index (κ3) is 2.90. The van der Waals surface area contributed by atoms with Crippen LogP contribution in [-0.4, -0.2) is 25.8 Å². The Labute approximate surface area is 111 Å². The largest absolute Gasteiger partial charge is 0.478 e. The standard InChI is InChI=1S/C13H16N4O2/c1-8-6-11(12(13(18)19)9(2)15-8)14-7-10-4-5-17(3)16-10/h4-6H,7H2,1-3H3,(H,14,15)(H,18,19). The Morgan fingerprint density at radius 1 is 1.47 bits per heavy atom. The lowest BCUT2D eigenvalue weighted by atomic mass is 10.1. The predicted molar refractivity (Wildman–Crippen MR) is 71.2 cm³/mol. The van der Waals surface area contributed by atoms with Gasteiger partial charge < -0.3 is 10.4 Å². The fourth-order valence-corrected chi connectivity index (χ4v) is 1.98. The first-order valence-corrected chi connectivity index (χ1v) is 5.91. The second kappa shape index (κ2) is 5.09. The van der Waals surface area contributed by atoms with E-state index in [1.54, 1.807) is 17.7 Å². The van der Waals surface area contributed by atoms with Crippen LogP contribution in [0.5, 0.6) is 0 Å². The lowest BCUT2D eigenvalue weighted by Crippen LogP contribution is -2.10. The van der Waals surface area contributed by atoms with E-state index in [2.05, 4.69) is 15.4 Å². The van der Waals surface area contributed by atoms with E-state index in [9.17, 15) is 9.90 Å². The highest BCUT2D eigenvalue weighted by Gasteiger charge is 2.15. The first kappa shape index (κ1) is 13.1. The van der Waals surface area contributed by atoms with Crippen molar-refractivity contribution in [3.05, 3.63) is 41.0 Å². The molecule has 0 fully saturated rings. The van der Waals surface area contributed by atoms with Crippen LogP contribution in [-0.2, 0) is 13.6 Å². The lowest BCUT2D eigenvalue weighted by Gasteiger charge is -2.11. The number of rotatable bonds is 4. The molecule has 2 rings (SSSR count). The van der Waals surface area contributed by atoms with Crippen molar-refractivity contribution in [1.82, 2.24) is 14.8 Å². The maximum absolute atomic E-state index is 11.3. The molecule has 19 heavy (non-hydrogen) atoms. The number of hydrogen-bond acceptors (Lipinski definition) is 4. The highest BCUT2D eigenvalue weighted by Crippen LogP contribution is 2.20. The Kier molecular flexibility index (Phi) is 3.50. The molecule has 6 heteroatoms. The summed E-state index contributed by atoms with van der Waals surface area (Å²) < 4.78 is 1.71. The third-order valence-corrected chi connectivity index (χ3v) is 2.77. The minimum Gasteiger partial charge on any atom is -0.478 e. The molecule has 0 aliphatic rings. The van der Waals surface area contributed by atoms with Crippen LogP contribution in [0.1, 0.15) is 27.4 Å². The second-order valence-electron chi connectivity index (χ2n) is 4.41. The molecule has 0 aromatic carbocycles. The SMILES string of the molecule is Cc1cc(NCc2ccn(C)n2)c(C(=O)O)c(C)n1. The number of anilines is 1. The molecule has 2 N–H and O–H groups in total. The van der Waals surface area contributed by atoms with E-state index < -0.39 is 5.97 Å². The van der Waals surface area contributed by atoms with E-state index in [0.717, 1.165) is 11.4 Å². The molecule has 0 aliphatic carbocycles. The molecule has 0 saturated heterocycles. The minimum atomic E-state index is -0.978. The summed E-state index contributed by atoms with van der Waals surface area (Å²) in [6.45, 7) is 4.01. The van der Waals surface area contributed by atoms with E-state index in [1.165, 1.54) is 0 Å². The number of pyridine rings is 1. The summed E-state index contributed by atoms with van der Waals surface area (Å²) in [4.78, 5) is 15.4. The van der Waals surface area contributed by atoms with Crippen molar-refractivity contribution in [2.45, 2.75) is 20.4 Å². The fraction of sp³-hybridized carbons (Fsp3) is 0.308. The van der Waals surface area contributed by atoms with E-state index in [0.29, 0.717) is 17.9 Å². The minimum absolute atomic E-state index is 0.210. The van der Waals surface area contributed by atoms with Gasteiger partial charge in [0.1, 0.15) is 5.56 Å². The van der Waals surface area contributed by atoms with Crippen molar-refractivity contribution >= 4 is 11.7 Å². The van der Waals surface area contributed by atoms with Gasteiger partial charge in [-0.2, -0.15) is 5.10 Å². The molecular formula is C13H16N4O2. The van der Waals surface area contributed by atoms with E-state index in [4.69, 9.17) is 0 Å². The van der Waals surface area contributed by atoms with Crippen molar-refractivity contribution in [2.75, 3.05) is 5.32 Å². The number of carboxylic acids is 1. The maximum Gasteiger partial charge on any atom is 0.339 e. The Balaban J connectivity index is 2.26. The summed E-state index contributed by atoms with van der Waals surface area (Å²) in [7, 11) is 1.84. The van der Waals surface area contributed by atoms with Gasteiger partial charge in [-0.05, 0) is 26.0 Å². The first-order chi connectivity index (χ1) is 8.97. The summed E-state index contributed by atoms with van der Waals surface area (Å²) >= 11 is 0. The smallest absolute Gasteiger partial charge is 0.339 e. The Morgan fingerprint density at radius 3 is 2.79 bits per heavy atom. The molecule has 0 spiro atoms. The molecular weight excluding hydrogens is 244 g/mol. The van der Waals surface area contributed by atoms with E-state index in [-0.39, 0.29) is 5.56 Å². The van der Waals surface area contributed by atoms with Gasteiger partial charge >= 0.3 is 5.97 Å². The Morgan fingerprint density at radius 2 is 2.21 bits per heavy atom. The molecule has 0 bridgehead atoms. The van der Waals surface area contributed by atoms with Crippen LogP contribution >= 0.6 is 0 Å². The van der Waals surface area contributed by atoms with Crippen LogP contribution < -0.4 is 5.32 Å². The summed E-state index contributed by atoms with van der Waals surface area (Å²) in [5.41, 5.74) is 2.93. The molecule has 0 amide bonds. The van der Waals surface area contributed by atoms with Gasteiger partial charge in [0.05, 0.1) is 23.6 Å². The van der Waals surface area contributed by atoms with Gasteiger partial charge in [-0.1, -0.05) is 0 Å². The number of nitrogens with zero attached hydrogens (tertiary/aromatic N) is 3. The summed E-state index contributed by atoms with van der Waals surface area (Å²) in [6.07, 6.45) is 1.85. The topological polar surface area (TPSA) is 80.0 Å². The van der Waals surface area contributed by atoms with Crippen LogP contribution in [0, 0.1) is 13.8 Å². The molecule has 2 aromatic heterocycles. The predicted octanol–water partition coefficient (Wildman–Crippen LogP) is 1.74. The summed E-state index contributed by atoms with van der Waals surface area (Å²) in [6, 6.07) is 3.62. The van der Waals surface area contributed by atoms with E-state index >= 15 is 0 Å². The molecule has 2 aromatic rings. The van der Waals surface area contributed by atoms with Gasteiger partial charge in [0.15, 0.2) is 0 Å². The zero-order chi connectivity index (χ0) is 14.0. The number of carbonyl (C=O) groups is 1. The number of aromatic carboxylic acids is 1. The van der Waals surface area contributed by atoms with Crippen molar-refractivity contribution in [3.63, 3.8) is 0 Å². The molecule has 6 nitrogen and oxygen atoms in total. The van der Waals surface area contributed by atoms with Crippen LogP contribution in [0.3, 0.4) is 0 Å². The van der Waals surface area contributed by atoms with Crippen molar-refractivity contribution in [1.29, 1.82) is 0 Å². The molecule has 0 unspecified atom stereocenters. The third-order valence-electron chi connectivity index (χ3n) is 2.77. The van der Waals surface area contributed by atoms with E-state index in [1.807, 2.05) is 26.2 Å². The number of carboxylic acid groups (broad SMARTS) is 1. The fourth-order valence-electron chi connectivity index (χ4n) is 1.98. The molecule has 0 aliphatic heterocycles. The lowest BCUT2D eigenvalue weighted by molar-refractivity contribution is 0.0696. The summed E-state index contributed by atoms with van der Waals surface area (Å²) in [5, 5.41) is 16.6. The van der Waals surface area contributed by atoms with Gasteiger partial charge in [0.2, 0.25) is 0 Å². The van der Waals surface area contributed by atoms with Gasteiger partial charge in [-0.3, -0.25) is 9.67 Å². The number of nitrogens with one attached hydrogen (secondary N) is 1. The molecule has 0 saturated carbocycles.